The Morgan fingerprint density at radius 2 is 1.58 bits per heavy atom. The van der Waals surface area contributed by atoms with Gasteiger partial charge in [0.2, 0.25) is 0 Å². The third kappa shape index (κ3) is 2.99. The lowest BCUT2D eigenvalue weighted by Gasteiger charge is -2.24. The second-order valence-corrected chi connectivity index (χ2v) is 2.34. The molecule has 0 amide bonds. The van der Waals surface area contributed by atoms with E-state index < -0.39 is 31.1 Å². The second kappa shape index (κ2) is 5.38. The van der Waals surface area contributed by atoms with Gasteiger partial charge in [-0.3, -0.25) is 5.84 Å². The van der Waals surface area contributed by atoms with Gasteiger partial charge in [-0.05, 0) is 0 Å². The molecule has 0 aromatic carbocycles. The van der Waals surface area contributed by atoms with Crippen molar-refractivity contribution in [3.05, 3.63) is 0 Å². The summed E-state index contributed by atoms with van der Waals surface area (Å²) in [5.41, 5.74) is 1.78. The van der Waals surface area contributed by atoms with Crippen molar-refractivity contribution in [2.75, 3.05) is 6.61 Å². The number of hydrogen-bond donors (Lipinski definition) is 7. The van der Waals surface area contributed by atoms with Gasteiger partial charge in [-0.1, -0.05) is 0 Å². The number of rotatable bonds is 5. The monoisotopic (exact) mass is 182 g/mol. The summed E-state index contributed by atoms with van der Waals surface area (Å²) < 4.78 is 0. The zero-order valence-corrected chi connectivity index (χ0v) is 6.33. The first-order chi connectivity index (χ1) is 5.54. The highest BCUT2D eigenvalue weighted by atomic mass is 16.4. The lowest BCUT2D eigenvalue weighted by molar-refractivity contribution is -0.122. The predicted octanol–water partition coefficient (Wildman–Crippen LogP) is -4.16. The fraction of sp³-hybridized carbons (Fsp3) is 1.00. The molecule has 0 saturated carbocycles. The number of aliphatic hydroxyl groups is 5. The molecule has 0 saturated heterocycles. The summed E-state index contributed by atoms with van der Waals surface area (Å²) in [5.74, 6) is 4.74. The van der Waals surface area contributed by atoms with E-state index in [1.54, 1.807) is 5.43 Å². The van der Waals surface area contributed by atoms with Crippen molar-refractivity contribution in [1.82, 2.24) is 5.43 Å². The summed E-state index contributed by atoms with van der Waals surface area (Å²) >= 11 is 0. The highest BCUT2D eigenvalue weighted by molar-refractivity contribution is 4.78. The Morgan fingerprint density at radius 3 is 1.92 bits per heavy atom. The number of hydrogen-bond acceptors (Lipinski definition) is 7. The summed E-state index contributed by atoms with van der Waals surface area (Å²) in [6.45, 7) is -0.713. The number of nitrogens with one attached hydrogen (secondary N) is 1. The Balaban J connectivity index is 3.99. The predicted molar refractivity (Wildman–Crippen MR) is 38.4 cm³/mol. The quantitative estimate of drug-likeness (QED) is 0.130. The van der Waals surface area contributed by atoms with Gasteiger partial charge in [-0.15, -0.1) is 0 Å². The van der Waals surface area contributed by atoms with Crippen LogP contribution in [-0.2, 0) is 0 Å². The molecule has 8 N–H and O–H groups in total. The van der Waals surface area contributed by atoms with Crippen molar-refractivity contribution < 1.29 is 25.5 Å². The molecule has 0 heterocycles. The topological polar surface area (TPSA) is 139 Å². The van der Waals surface area contributed by atoms with Crippen molar-refractivity contribution in [3.63, 3.8) is 0 Å². The van der Waals surface area contributed by atoms with E-state index in [0.29, 0.717) is 0 Å². The molecule has 0 aromatic heterocycles. The normalized spacial score (nSPS) is 21.5. The molecule has 0 fully saturated rings. The van der Waals surface area contributed by atoms with Gasteiger partial charge in [0.25, 0.3) is 0 Å². The Labute approximate surface area is 69.0 Å². The van der Waals surface area contributed by atoms with E-state index >= 15 is 0 Å². The minimum atomic E-state index is -1.66. The molecule has 0 bridgehead atoms. The lowest BCUT2D eigenvalue weighted by Crippen LogP contribution is -2.53. The maximum Gasteiger partial charge on any atom is 0.145 e. The molecule has 0 aliphatic carbocycles. The summed E-state index contributed by atoms with van der Waals surface area (Å²) in [6, 6.07) is 0. The molecule has 0 aliphatic rings. The minimum Gasteiger partial charge on any atom is -0.394 e. The first-order valence-electron chi connectivity index (χ1n) is 3.33. The highest BCUT2D eigenvalue weighted by Crippen LogP contribution is 2.02. The Morgan fingerprint density at radius 1 is 1.08 bits per heavy atom. The largest absolute Gasteiger partial charge is 0.394 e. The van der Waals surface area contributed by atoms with E-state index in [0.717, 1.165) is 0 Å². The molecule has 7 nitrogen and oxygen atoms in total. The van der Waals surface area contributed by atoms with E-state index in [1.807, 2.05) is 0 Å². The first-order valence-corrected chi connectivity index (χ1v) is 3.33. The van der Waals surface area contributed by atoms with E-state index in [9.17, 15) is 0 Å². The van der Waals surface area contributed by atoms with E-state index in [2.05, 4.69) is 0 Å². The summed E-state index contributed by atoms with van der Waals surface area (Å²) in [7, 11) is 0. The van der Waals surface area contributed by atoms with Crippen LogP contribution in [0.4, 0.5) is 0 Å². The zero-order chi connectivity index (χ0) is 9.72. The third-order valence-corrected chi connectivity index (χ3v) is 1.43. The van der Waals surface area contributed by atoms with Crippen molar-refractivity contribution in [2.24, 2.45) is 5.84 Å². The molecule has 0 spiro atoms. The molecule has 74 valence electrons. The van der Waals surface area contributed by atoms with Crippen molar-refractivity contribution in [3.8, 4) is 0 Å². The fourth-order valence-corrected chi connectivity index (χ4v) is 0.621. The zero-order valence-electron chi connectivity index (χ0n) is 6.33. The molecule has 0 aromatic rings. The van der Waals surface area contributed by atoms with Crippen LogP contribution in [0.1, 0.15) is 0 Å². The SMILES string of the molecule is NNC(O)[C@H](O)[C@@H](O)[C@H](O)CO. The molecule has 0 radical (unpaired) electrons. The van der Waals surface area contributed by atoms with Crippen LogP contribution in [0.5, 0.6) is 0 Å². The van der Waals surface area contributed by atoms with Crippen LogP contribution in [0.25, 0.3) is 0 Å². The number of hydrazine groups is 1. The average molecular weight is 182 g/mol. The number of nitrogens with two attached hydrogens (primary N) is 1. The minimum absolute atomic E-state index is 0.713. The third-order valence-electron chi connectivity index (χ3n) is 1.43. The Kier molecular flexibility index (Phi) is 5.25. The van der Waals surface area contributed by atoms with Crippen LogP contribution in [0.15, 0.2) is 0 Å². The van der Waals surface area contributed by atoms with Gasteiger partial charge in [0.15, 0.2) is 0 Å². The summed E-state index contributed by atoms with van der Waals surface area (Å²) in [5, 5.41) is 43.9. The van der Waals surface area contributed by atoms with Gasteiger partial charge in [0, 0.05) is 0 Å². The average Bonchev–Trinajstić information content (AvgIpc) is 2.12. The summed E-state index contributed by atoms with van der Waals surface area (Å²) in [6.07, 6.45) is -6.37. The summed E-state index contributed by atoms with van der Waals surface area (Å²) in [4.78, 5) is 0. The maximum absolute atomic E-state index is 8.97. The molecular formula is C5H14N2O5. The molecular weight excluding hydrogens is 168 g/mol. The molecule has 0 rings (SSSR count). The van der Waals surface area contributed by atoms with Gasteiger partial charge in [0.05, 0.1) is 6.61 Å². The van der Waals surface area contributed by atoms with Crippen LogP contribution in [0.3, 0.4) is 0 Å². The molecule has 1 unspecified atom stereocenters. The second-order valence-electron chi connectivity index (χ2n) is 2.34. The van der Waals surface area contributed by atoms with Crippen molar-refractivity contribution in [2.45, 2.75) is 24.5 Å². The lowest BCUT2D eigenvalue weighted by atomic mass is 10.1. The van der Waals surface area contributed by atoms with Crippen LogP contribution < -0.4 is 11.3 Å². The van der Waals surface area contributed by atoms with Crippen LogP contribution in [-0.4, -0.2) is 56.7 Å². The van der Waals surface area contributed by atoms with E-state index in [-0.39, 0.29) is 0 Å². The van der Waals surface area contributed by atoms with Gasteiger partial charge in [-0.2, -0.15) is 0 Å². The van der Waals surface area contributed by atoms with Gasteiger partial charge < -0.3 is 25.5 Å². The van der Waals surface area contributed by atoms with Crippen LogP contribution in [0.2, 0.25) is 0 Å². The fourth-order valence-electron chi connectivity index (χ4n) is 0.621. The number of aliphatic hydroxyl groups excluding tert-OH is 5. The Bertz CT molecular complexity index is 110. The smallest absolute Gasteiger partial charge is 0.145 e. The Hall–Kier alpha value is -0.280. The van der Waals surface area contributed by atoms with Crippen molar-refractivity contribution >= 4 is 0 Å². The molecule has 12 heavy (non-hydrogen) atoms. The highest BCUT2D eigenvalue weighted by Gasteiger charge is 2.29. The molecule has 4 atom stereocenters. The van der Waals surface area contributed by atoms with Crippen LogP contribution >= 0.6 is 0 Å². The maximum atomic E-state index is 8.97. The molecule has 7 heteroatoms. The van der Waals surface area contributed by atoms with Crippen molar-refractivity contribution in [1.29, 1.82) is 0 Å². The van der Waals surface area contributed by atoms with Crippen LogP contribution in [0, 0.1) is 0 Å². The van der Waals surface area contributed by atoms with Gasteiger partial charge >= 0.3 is 0 Å². The standard InChI is InChI=1S/C5H14N2O5/c6-7-5(12)4(11)3(10)2(9)1-8/h2-5,7-12H,1,6H2/t2-,3+,4-,5?/m1/s1. The van der Waals surface area contributed by atoms with E-state index in [1.165, 1.54) is 0 Å². The van der Waals surface area contributed by atoms with Gasteiger partial charge in [-0.25, -0.2) is 5.43 Å². The molecule has 0 aliphatic heterocycles. The first kappa shape index (κ1) is 11.7. The van der Waals surface area contributed by atoms with E-state index in [4.69, 9.17) is 31.4 Å². The van der Waals surface area contributed by atoms with Gasteiger partial charge in [0.1, 0.15) is 24.5 Å².